The Morgan fingerprint density at radius 2 is 1.90 bits per heavy atom. The van der Waals surface area contributed by atoms with Gasteiger partial charge in [0.2, 0.25) is 0 Å². The maximum atomic E-state index is 9.47. The number of benzene rings is 2. The van der Waals surface area contributed by atoms with Crippen molar-refractivity contribution in [3.63, 3.8) is 0 Å². The van der Waals surface area contributed by atoms with Crippen LogP contribution in [0, 0.1) is 11.3 Å². The zero-order chi connectivity index (χ0) is 14.8. The summed E-state index contributed by atoms with van der Waals surface area (Å²) in [5, 5.41) is 20.0. The fraction of sp³-hybridized carbons (Fsp3) is 0.118. The molecule has 1 N–H and O–H groups in total. The molecule has 0 aliphatic heterocycles. The third-order valence-electron chi connectivity index (χ3n) is 3.53. The van der Waals surface area contributed by atoms with Gasteiger partial charge in [-0.2, -0.15) is 5.26 Å². The van der Waals surface area contributed by atoms with Crippen LogP contribution in [-0.4, -0.2) is 9.67 Å². The van der Waals surface area contributed by atoms with Crippen molar-refractivity contribution in [2.24, 2.45) is 0 Å². The Bertz CT molecular complexity index is 828. The highest BCUT2D eigenvalue weighted by atomic mass is 35.5. The zero-order valence-electron chi connectivity index (χ0n) is 11.3. The van der Waals surface area contributed by atoms with E-state index in [9.17, 15) is 5.11 Å². The number of halogens is 1. The largest absolute Gasteiger partial charge is 0.392 e. The van der Waals surface area contributed by atoms with Gasteiger partial charge >= 0.3 is 0 Å². The Morgan fingerprint density at radius 3 is 2.57 bits per heavy atom. The predicted molar refractivity (Wildman–Crippen MR) is 83.1 cm³/mol. The van der Waals surface area contributed by atoms with E-state index in [0.717, 1.165) is 22.0 Å². The monoisotopic (exact) mass is 296 g/mol. The molecule has 0 atom stereocenters. The van der Waals surface area contributed by atoms with Gasteiger partial charge < -0.3 is 9.67 Å². The molecule has 4 heteroatoms. The van der Waals surface area contributed by atoms with Crippen LogP contribution >= 0.6 is 11.6 Å². The van der Waals surface area contributed by atoms with Gasteiger partial charge in [0.05, 0.1) is 23.8 Å². The number of hydrogen-bond acceptors (Lipinski definition) is 2. The zero-order valence-corrected chi connectivity index (χ0v) is 12.0. The predicted octanol–water partition coefficient (Wildman–Crippen LogP) is 3.71. The number of fused-ring (bicyclic) bond motifs is 1. The molecule has 0 unspecified atom stereocenters. The Labute approximate surface area is 127 Å². The molecule has 0 saturated heterocycles. The third kappa shape index (κ3) is 2.64. The molecule has 0 spiro atoms. The van der Waals surface area contributed by atoms with Crippen LogP contribution in [0.2, 0.25) is 5.02 Å². The van der Waals surface area contributed by atoms with Crippen LogP contribution in [0.25, 0.3) is 10.9 Å². The Hall–Kier alpha value is -2.28. The summed E-state index contributed by atoms with van der Waals surface area (Å²) in [5.74, 6) is 0. The number of aromatic nitrogens is 1. The van der Waals surface area contributed by atoms with E-state index in [2.05, 4.69) is 10.6 Å². The minimum Gasteiger partial charge on any atom is -0.392 e. The molecule has 3 rings (SSSR count). The lowest BCUT2D eigenvalue weighted by atomic mass is 10.1. The van der Waals surface area contributed by atoms with Gasteiger partial charge in [0.15, 0.2) is 0 Å². The maximum absolute atomic E-state index is 9.47. The van der Waals surface area contributed by atoms with Gasteiger partial charge in [0.1, 0.15) is 0 Å². The third-order valence-corrected chi connectivity index (χ3v) is 3.77. The minimum atomic E-state index is -0.00149. The summed E-state index contributed by atoms with van der Waals surface area (Å²) in [6, 6.07) is 15.3. The molecule has 0 fully saturated rings. The quantitative estimate of drug-likeness (QED) is 0.801. The van der Waals surface area contributed by atoms with Crippen LogP contribution in [0.5, 0.6) is 0 Å². The lowest BCUT2D eigenvalue weighted by molar-refractivity contribution is 0.283. The highest BCUT2D eigenvalue weighted by Gasteiger charge is 2.09. The average Bonchev–Trinajstić information content (AvgIpc) is 2.85. The molecular weight excluding hydrogens is 284 g/mol. The molecule has 0 bridgehead atoms. The van der Waals surface area contributed by atoms with E-state index in [4.69, 9.17) is 16.9 Å². The summed E-state index contributed by atoms with van der Waals surface area (Å²) in [4.78, 5) is 0. The molecule has 0 radical (unpaired) electrons. The molecule has 1 aromatic heterocycles. The molecule has 0 aliphatic rings. The minimum absolute atomic E-state index is 0.00149. The highest BCUT2D eigenvalue weighted by molar-refractivity contribution is 6.31. The van der Waals surface area contributed by atoms with Crippen LogP contribution in [0.4, 0.5) is 0 Å². The van der Waals surface area contributed by atoms with Gasteiger partial charge in [-0.05, 0) is 29.8 Å². The average molecular weight is 297 g/mol. The van der Waals surface area contributed by atoms with Crippen molar-refractivity contribution in [1.29, 1.82) is 5.26 Å². The molecule has 3 aromatic rings. The van der Waals surface area contributed by atoms with E-state index in [1.807, 2.05) is 36.5 Å². The van der Waals surface area contributed by atoms with E-state index < -0.39 is 0 Å². The second-order valence-corrected chi connectivity index (χ2v) is 5.35. The first kappa shape index (κ1) is 13.7. The Balaban J connectivity index is 2.03. The summed E-state index contributed by atoms with van der Waals surface area (Å²) < 4.78 is 2.06. The number of aliphatic hydroxyl groups is 1. The highest BCUT2D eigenvalue weighted by Crippen LogP contribution is 2.25. The topological polar surface area (TPSA) is 49.0 Å². The smallest absolute Gasteiger partial charge is 0.0991 e. The lowest BCUT2D eigenvalue weighted by Crippen LogP contribution is -1.97. The van der Waals surface area contributed by atoms with Crippen molar-refractivity contribution < 1.29 is 5.11 Å². The van der Waals surface area contributed by atoms with Crippen molar-refractivity contribution in [2.75, 3.05) is 0 Å². The number of hydrogen-bond donors (Lipinski definition) is 1. The molecule has 104 valence electrons. The summed E-state index contributed by atoms with van der Waals surface area (Å²) in [5.41, 5.74) is 3.62. The van der Waals surface area contributed by atoms with Crippen LogP contribution in [0.1, 0.15) is 16.7 Å². The van der Waals surface area contributed by atoms with Crippen LogP contribution in [0.15, 0.2) is 48.7 Å². The molecule has 0 amide bonds. The number of rotatable bonds is 3. The summed E-state index contributed by atoms with van der Waals surface area (Å²) in [6.45, 7) is 0.668. The van der Waals surface area contributed by atoms with Crippen LogP contribution < -0.4 is 0 Å². The maximum Gasteiger partial charge on any atom is 0.0991 e. The van der Waals surface area contributed by atoms with Crippen molar-refractivity contribution in [2.45, 2.75) is 13.2 Å². The fourth-order valence-electron chi connectivity index (χ4n) is 2.48. The second-order valence-electron chi connectivity index (χ2n) is 4.91. The van der Waals surface area contributed by atoms with Gasteiger partial charge in [-0.1, -0.05) is 29.8 Å². The summed E-state index contributed by atoms with van der Waals surface area (Å²) in [6.07, 6.45) is 1.94. The second kappa shape index (κ2) is 5.61. The molecule has 0 aliphatic carbocycles. The fourth-order valence-corrected chi connectivity index (χ4v) is 2.65. The van der Waals surface area contributed by atoms with Crippen molar-refractivity contribution in [3.05, 3.63) is 70.4 Å². The van der Waals surface area contributed by atoms with Gasteiger partial charge in [0.25, 0.3) is 0 Å². The van der Waals surface area contributed by atoms with Gasteiger partial charge in [-0.3, -0.25) is 0 Å². The summed E-state index contributed by atoms with van der Waals surface area (Å²) >= 11 is 6.07. The van der Waals surface area contributed by atoms with Gasteiger partial charge in [0, 0.05) is 28.7 Å². The SMILES string of the molecule is N#Cc1ccc(Cn2cc(CO)c3ccc(Cl)cc32)cc1. The van der Waals surface area contributed by atoms with Crippen molar-refractivity contribution >= 4 is 22.5 Å². The first-order chi connectivity index (χ1) is 10.2. The molecular formula is C17H13ClN2O. The molecule has 2 aromatic carbocycles. The van der Waals surface area contributed by atoms with Gasteiger partial charge in [-0.25, -0.2) is 0 Å². The van der Waals surface area contributed by atoms with E-state index in [1.165, 1.54) is 0 Å². The number of nitriles is 1. The van der Waals surface area contributed by atoms with Gasteiger partial charge in [-0.15, -0.1) is 0 Å². The molecule has 3 nitrogen and oxygen atoms in total. The molecule has 0 saturated carbocycles. The normalized spacial score (nSPS) is 10.7. The summed E-state index contributed by atoms with van der Waals surface area (Å²) in [7, 11) is 0. The Morgan fingerprint density at radius 1 is 1.14 bits per heavy atom. The number of aliphatic hydroxyl groups excluding tert-OH is 1. The number of nitrogens with zero attached hydrogens (tertiary/aromatic N) is 2. The van der Waals surface area contributed by atoms with Crippen LogP contribution in [0.3, 0.4) is 0 Å². The first-order valence-electron chi connectivity index (χ1n) is 6.58. The van der Waals surface area contributed by atoms with Crippen molar-refractivity contribution in [3.8, 4) is 6.07 Å². The lowest BCUT2D eigenvalue weighted by Gasteiger charge is -2.06. The van der Waals surface area contributed by atoms with E-state index in [-0.39, 0.29) is 6.61 Å². The first-order valence-corrected chi connectivity index (χ1v) is 6.96. The standard InChI is InChI=1S/C17H13ClN2O/c18-15-5-6-16-14(11-21)10-20(17(16)7-15)9-13-3-1-12(8-19)2-4-13/h1-7,10,21H,9,11H2. The van der Waals surface area contributed by atoms with E-state index in [0.29, 0.717) is 17.1 Å². The van der Waals surface area contributed by atoms with E-state index in [1.54, 1.807) is 12.1 Å². The Kier molecular flexibility index (Phi) is 3.66. The van der Waals surface area contributed by atoms with Crippen molar-refractivity contribution in [1.82, 2.24) is 4.57 Å². The molecule has 21 heavy (non-hydrogen) atoms. The van der Waals surface area contributed by atoms with E-state index >= 15 is 0 Å². The van der Waals surface area contributed by atoms with Crippen LogP contribution in [-0.2, 0) is 13.2 Å². The molecule has 1 heterocycles.